The lowest BCUT2D eigenvalue weighted by Crippen LogP contribution is -2.48. The summed E-state index contributed by atoms with van der Waals surface area (Å²) >= 11 is 0. The van der Waals surface area contributed by atoms with Crippen LogP contribution in [0.15, 0.2) is 54.6 Å². The van der Waals surface area contributed by atoms with Gasteiger partial charge in [-0.3, -0.25) is 0 Å². The Morgan fingerprint density at radius 3 is 2.41 bits per heavy atom. The van der Waals surface area contributed by atoms with Crippen LogP contribution in [0.1, 0.15) is 23.8 Å². The molecule has 4 rings (SSSR count). The second kappa shape index (κ2) is 8.37. The molecule has 1 unspecified atom stereocenters. The molecule has 2 aliphatic rings. The molecule has 0 amide bonds. The summed E-state index contributed by atoms with van der Waals surface area (Å²) in [5.41, 5.74) is 2.02. The van der Waals surface area contributed by atoms with Crippen molar-refractivity contribution in [3.05, 3.63) is 65.7 Å². The topological polar surface area (TPSA) is 55.4 Å². The highest BCUT2D eigenvalue weighted by atomic mass is 16.8. The van der Waals surface area contributed by atoms with Crippen molar-refractivity contribution in [2.24, 2.45) is 0 Å². The molecule has 0 saturated carbocycles. The van der Waals surface area contributed by atoms with Gasteiger partial charge in [0, 0.05) is 19.1 Å². The minimum absolute atomic E-state index is 0.190. The largest absolute Gasteiger partial charge is 0.497 e. The lowest BCUT2D eigenvalue weighted by molar-refractivity contribution is -0.278. The molecule has 0 spiro atoms. The molecule has 0 bridgehead atoms. The first-order valence-electron chi connectivity index (χ1n) is 9.05. The summed E-state index contributed by atoms with van der Waals surface area (Å²) in [5, 5.41) is 0. The summed E-state index contributed by atoms with van der Waals surface area (Å²) in [4.78, 5) is 0. The van der Waals surface area contributed by atoms with E-state index in [0.717, 1.165) is 16.9 Å². The van der Waals surface area contributed by atoms with E-state index >= 15 is 0 Å². The number of rotatable bonds is 6. The number of ether oxygens (including phenoxy) is 6. The van der Waals surface area contributed by atoms with E-state index in [1.165, 1.54) is 0 Å². The van der Waals surface area contributed by atoms with Crippen LogP contribution in [-0.2, 0) is 30.3 Å². The minimum Gasteiger partial charge on any atom is -0.497 e. The molecule has 5 atom stereocenters. The molecule has 6 heteroatoms. The third-order valence-corrected chi connectivity index (χ3v) is 4.84. The van der Waals surface area contributed by atoms with Gasteiger partial charge in [-0.15, -0.1) is 0 Å². The molecule has 144 valence electrons. The van der Waals surface area contributed by atoms with Crippen molar-refractivity contribution in [3.63, 3.8) is 0 Å². The van der Waals surface area contributed by atoms with Crippen LogP contribution in [0.5, 0.6) is 5.75 Å². The zero-order valence-corrected chi connectivity index (χ0v) is 15.4. The summed E-state index contributed by atoms with van der Waals surface area (Å²) in [6.07, 6.45) is -1.29. The van der Waals surface area contributed by atoms with Gasteiger partial charge in [0.25, 0.3) is 0 Å². The Balaban J connectivity index is 1.44. The maximum atomic E-state index is 6.17. The van der Waals surface area contributed by atoms with Gasteiger partial charge in [-0.1, -0.05) is 42.5 Å². The van der Waals surface area contributed by atoms with Crippen molar-refractivity contribution in [2.45, 2.75) is 44.1 Å². The summed E-state index contributed by atoms with van der Waals surface area (Å²) in [6.45, 7) is 0.466. The predicted octanol–water partition coefficient (Wildman–Crippen LogP) is 3.41. The molecule has 2 fully saturated rings. The van der Waals surface area contributed by atoms with Crippen molar-refractivity contribution in [1.82, 2.24) is 0 Å². The fraction of sp³-hybridized carbons (Fsp3) is 0.429. The molecule has 2 heterocycles. The Hall–Kier alpha value is -1.96. The Bertz CT molecular complexity index is 719. The van der Waals surface area contributed by atoms with Gasteiger partial charge in [-0.05, 0) is 17.7 Å². The van der Waals surface area contributed by atoms with E-state index in [-0.39, 0.29) is 18.5 Å². The van der Waals surface area contributed by atoms with E-state index in [2.05, 4.69) is 0 Å². The SMILES string of the molecule is COc1ccc(CO[C@@H]2CC(OC)O[C@@H]3O[C@H](c4ccccc4)O[C@@H]32)cc1. The monoisotopic (exact) mass is 372 g/mol. The van der Waals surface area contributed by atoms with E-state index in [0.29, 0.717) is 13.0 Å². The molecule has 0 radical (unpaired) electrons. The van der Waals surface area contributed by atoms with Gasteiger partial charge in [-0.25, -0.2) is 0 Å². The van der Waals surface area contributed by atoms with Gasteiger partial charge < -0.3 is 28.4 Å². The maximum absolute atomic E-state index is 6.17. The fourth-order valence-corrected chi connectivity index (χ4v) is 3.35. The lowest BCUT2D eigenvalue weighted by Gasteiger charge is -2.35. The van der Waals surface area contributed by atoms with Gasteiger partial charge in [-0.2, -0.15) is 0 Å². The Kier molecular flexibility index (Phi) is 5.71. The Morgan fingerprint density at radius 1 is 0.926 bits per heavy atom. The first-order chi connectivity index (χ1) is 13.3. The van der Waals surface area contributed by atoms with Crippen LogP contribution in [0.3, 0.4) is 0 Å². The van der Waals surface area contributed by atoms with E-state index in [4.69, 9.17) is 28.4 Å². The van der Waals surface area contributed by atoms with Crippen LogP contribution in [-0.4, -0.2) is 39.0 Å². The second-order valence-electron chi connectivity index (χ2n) is 6.58. The predicted molar refractivity (Wildman–Crippen MR) is 97.0 cm³/mol. The summed E-state index contributed by atoms with van der Waals surface area (Å²) in [6, 6.07) is 17.6. The lowest BCUT2D eigenvalue weighted by atomic mass is 10.1. The smallest absolute Gasteiger partial charge is 0.192 e. The number of hydrogen-bond donors (Lipinski definition) is 0. The molecule has 2 aromatic rings. The van der Waals surface area contributed by atoms with Crippen LogP contribution in [0.2, 0.25) is 0 Å². The molecule has 0 aromatic heterocycles. The second-order valence-corrected chi connectivity index (χ2v) is 6.58. The van der Waals surface area contributed by atoms with Crippen molar-refractivity contribution in [1.29, 1.82) is 0 Å². The Morgan fingerprint density at radius 2 is 1.70 bits per heavy atom. The van der Waals surface area contributed by atoms with E-state index in [1.54, 1.807) is 14.2 Å². The minimum atomic E-state index is -0.519. The molecule has 2 aromatic carbocycles. The average Bonchev–Trinajstić information content (AvgIpc) is 3.17. The van der Waals surface area contributed by atoms with Crippen LogP contribution in [0, 0.1) is 0 Å². The zero-order valence-electron chi connectivity index (χ0n) is 15.4. The molecule has 2 aliphatic heterocycles. The number of methoxy groups -OCH3 is 2. The van der Waals surface area contributed by atoms with E-state index < -0.39 is 12.6 Å². The zero-order chi connectivity index (χ0) is 18.6. The molecule has 27 heavy (non-hydrogen) atoms. The average molecular weight is 372 g/mol. The molecule has 0 N–H and O–H groups in total. The summed E-state index contributed by atoms with van der Waals surface area (Å²) in [5.74, 6) is 0.822. The first kappa shape index (κ1) is 18.4. The normalized spacial score (nSPS) is 30.1. The molecular weight excluding hydrogens is 348 g/mol. The van der Waals surface area contributed by atoms with Gasteiger partial charge >= 0.3 is 0 Å². The van der Waals surface area contributed by atoms with Crippen molar-refractivity contribution in [2.75, 3.05) is 14.2 Å². The van der Waals surface area contributed by atoms with Gasteiger partial charge in [0.15, 0.2) is 18.9 Å². The van der Waals surface area contributed by atoms with E-state index in [1.807, 2.05) is 54.6 Å². The fourth-order valence-electron chi connectivity index (χ4n) is 3.35. The van der Waals surface area contributed by atoms with Gasteiger partial charge in [0.1, 0.15) is 11.9 Å². The van der Waals surface area contributed by atoms with Gasteiger partial charge in [0.2, 0.25) is 0 Å². The number of fused-ring (bicyclic) bond motifs is 1. The molecule has 0 aliphatic carbocycles. The molecular formula is C21H24O6. The highest BCUT2D eigenvalue weighted by Gasteiger charge is 2.48. The highest BCUT2D eigenvalue weighted by molar-refractivity contribution is 5.26. The van der Waals surface area contributed by atoms with Gasteiger partial charge in [0.05, 0.1) is 19.8 Å². The van der Waals surface area contributed by atoms with Crippen molar-refractivity contribution < 1.29 is 28.4 Å². The van der Waals surface area contributed by atoms with Crippen LogP contribution in [0.25, 0.3) is 0 Å². The summed E-state index contributed by atoms with van der Waals surface area (Å²) in [7, 11) is 3.27. The third kappa shape index (κ3) is 4.15. The third-order valence-electron chi connectivity index (χ3n) is 4.84. The van der Waals surface area contributed by atoms with Crippen LogP contribution < -0.4 is 4.74 Å². The highest BCUT2D eigenvalue weighted by Crippen LogP contribution is 2.39. The molecule has 6 nitrogen and oxygen atoms in total. The molecule has 2 saturated heterocycles. The summed E-state index contributed by atoms with van der Waals surface area (Å²) < 4.78 is 34.7. The quantitative estimate of drug-likeness (QED) is 0.775. The van der Waals surface area contributed by atoms with Crippen molar-refractivity contribution in [3.8, 4) is 5.75 Å². The van der Waals surface area contributed by atoms with Crippen LogP contribution in [0.4, 0.5) is 0 Å². The Labute approximate surface area is 158 Å². The standard InChI is InChI=1S/C21H24O6/c1-22-16-10-8-14(9-11-16)13-24-17-12-18(23-2)25-21-19(17)26-20(27-21)15-6-4-3-5-7-15/h3-11,17-21H,12-13H2,1-2H3/t17-,18?,19-,20-,21-/m1/s1. The van der Waals surface area contributed by atoms with Crippen molar-refractivity contribution >= 4 is 0 Å². The number of hydrogen-bond acceptors (Lipinski definition) is 6. The first-order valence-corrected chi connectivity index (χ1v) is 9.05. The number of benzene rings is 2. The van der Waals surface area contributed by atoms with E-state index in [9.17, 15) is 0 Å². The maximum Gasteiger partial charge on any atom is 0.192 e. The van der Waals surface area contributed by atoms with Crippen LogP contribution >= 0.6 is 0 Å².